The van der Waals surface area contributed by atoms with Gasteiger partial charge in [-0.15, -0.1) is 0 Å². The lowest BCUT2D eigenvalue weighted by Gasteiger charge is -2.09. The van der Waals surface area contributed by atoms with Gasteiger partial charge in [-0.2, -0.15) is 0 Å². The van der Waals surface area contributed by atoms with Crippen LogP contribution in [0.3, 0.4) is 0 Å². The maximum atomic E-state index is 13.4. The van der Waals surface area contributed by atoms with Gasteiger partial charge in [0.25, 0.3) is 0 Å². The number of ether oxygens (including phenoxy) is 1. The zero-order chi connectivity index (χ0) is 14.1. The van der Waals surface area contributed by atoms with Crippen molar-refractivity contribution >= 4 is 11.7 Å². The van der Waals surface area contributed by atoms with E-state index in [1.807, 2.05) is 6.92 Å². The van der Waals surface area contributed by atoms with Gasteiger partial charge in [-0.1, -0.05) is 6.07 Å². The Morgan fingerprint density at radius 2 is 2.21 bits per heavy atom. The molecule has 0 unspecified atom stereocenters. The summed E-state index contributed by atoms with van der Waals surface area (Å²) >= 11 is 0. The standard InChI is InChI=1S/C13H19FN2O3/c1-10-3-4-11(14)12(9-10)16-13(18)15-5-2-7-19-8-6-17/h3-4,9,17H,2,5-8H2,1H3,(H2,15,16,18). The second-order valence-corrected chi connectivity index (χ2v) is 4.05. The van der Waals surface area contributed by atoms with E-state index in [1.165, 1.54) is 6.07 Å². The Morgan fingerprint density at radius 1 is 1.42 bits per heavy atom. The van der Waals surface area contributed by atoms with Crippen LogP contribution in [-0.2, 0) is 4.74 Å². The number of hydrogen-bond donors (Lipinski definition) is 3. The number of aliphatic hydroxyl groups is 1. The molecule has 106 valence electrons. The molecule has 0 aliphatic carbocycles. The Balaban J connectivity index is 2.25. The number of carbonyl (C=O) groups excluding carboxylic acids is 1. The highest BCUT2D eigenvalue weighted by molar-refractivity contribution is 5.89. The number of hydrogen-bond acceptors (Lipinski definition) is 3. The number of aliphatic hydroxyl groups excluding tert-OH is 1. The molecule has 0 aliphatic heterocycles. The molecule has 0 aromatic heterocycles. The molecular weight excluding hydrogens is 251 g/mol. The number of benzene rings is 1. The number of carbonyl (C=O) groups is 1. The van der Waals surface area contributed by atoms with Gasteiger partial charge in [0, 0.05) is 13.2 Å². The minimum absolute atomic E-state index is 0.0133. The van der Waals surface area contributed by atoms with Crippen molar-refractivity contribution in [3.8, 4) is 0 Å². The van der Waals surface area contributed by atoms with Crippen molar-refractivity contribution < 1.29 is 19.0 Å². The lowest BCUT2D eigenvalue weighted by atomic mass is 10.2. The van der Waals surface area contributed by atoms with Crippen LogP contribution in [0.15, 0.2) is 18.2 Å². The van der Waals surface area contributed by atoms with Crippen LogP contribution in [0.5, 0.6) is 0 Å². The van der Waals surface area contributed by atoms with E-state index in [9.17, 15) is 9.18 Å². The number of halogens is 1. The first-order valence-electron chi connectivity index (χ1n) is 6.13. The van der Waals surface area contributed by atoms with Crippen LogP contribution in [0.1, 0.15) is 12.0 Å². The highest BCUT2D eigenvalue weighted by atomic mass is 19.1. The molecule has 0 saturated carbocycles. The maximum absolute atomic E-state index is 13.4. The molecule has 1 rings (SSSR count). The van der Waals surface area contributed by atoms with Crippen molar-refractivity contribution in [3.63, 3.8) is 0 Å². The summed E-state index contributed by atoms with van der Waals surface area (Å²) in [6, 6.07) is 4.07. The predicted molar refractivity (Wildman–Crippen MR) is 70.7 cm³/mol. The first-order valence-corrected chi connectivity index (χ1v) is 6.13. The van der Waals surface area contributed by atoms with Crippen LogP contribution in [0.2, 0.25) is 0 Å². The highest BCUT2D eigenvalue weighted by Crippen LogP contribution is 2.15. The zero-order valence-electron chi connectivity index (χ0n) is 10.9. The summed E-state index contributed by atoms with van der Waals surface area (Å²) in [6.45, 7) is 2.98. The molecule has 0 bridgehead atoms. The number of rotatable bonds is 7. The Labute approximate surface area is 111 Å². The molecule has 5 nitrogen and oxygen atoms in total. The fourth-order valence-corrected chi connectivity index (χ4v) is 1.44. The summed E-state index contributed by atoms with van der Waals surface area (Å²) in [5.41, 5.74) is 1.03. The highest BCUT2D eigenvalue weighted by Gasteiger charge is 2.06. The van der Waals surface area contributed by atoms with Gasteiger partial charge in [-0.25, -0.2) is 9.18 Å². The normalized spacial score (nSPS) is 10.3. The molecule has 19 heavy (non-hydrogen) atoms. The third-order valence-corrected chi connectivity index (χ3v) is 2.36. The van der Waals surface area contributed by atoms with E-state index in [0.717, 1.165) is 5.56 Å². The second-order valence-electron chi connectivity index (χ2n) is 4.05. The minimum Gasteiger partial charge on any atom is -0.394 e. The van der Waals surface area contributed by atoms with Gasteiger partial charge < -0.3 is 20.5 Å². The first-order chi connectivity index (χ1) is 9.13. The number of anilines is 1. The Kier molecular flexibility index (Phi) is 6.84. The van der Waals surface area contributed by atoms with E-state index in [-0.39, 0.29) is 12.3 Å². The Hall–Kier alpha value is -1.66. The van der Waals surface area contributed by atoms with E-state index in [1.54, 1.807) is 12.1 Å². The Morgan fingerprint density at radius 3 is 2.95 bits per heavy atom. The lowest BCUT2D eigenvalue weighted by Crippen LogP contribution is -2.30. The summed E-state index contributed by atoms with van der Waals surface area (Å²) in [7, 11) is 0. The molecule has 0 fully saturated rings. The van der Waals surface area contributed by atoms with Gasteiger partial charge in [0.2, 0.25) is 0 Å². The van der Waals surface area contributed by atoms with E-state index in [2.05, 4.69) is 10.6 Å². The van der Waals surface area contributed by atoms with Crippen LogP contribution in [0, 0.1) is 12.7 Å². The van der Waals surface area contributed by atoms with Crippen molar-refractivity contribution in [1.29, 1.82) is 0 Å². The van der Waals surface area contributed by atoms with Gasteiger partial charge >= 0.3 is 6.03 Å². The molecule has 0 heterocycles. The molecule has 1 aromatic carbocycles. The summed E-state index contributed by atoms with van der Waals surface area (Å²) in [5.74, 6) is -0.466. The smallest absolute Gasteiger partial charge is 0.319 e. The average Bonchev–Trinajstić information content (AvgIpc) is 2.38. The Bertz CT molecular complexity index is 413. The van der Waals surface area contributed by atoms with Crippen molar-refractivity contribution in [1.82, 2.24) is 5.32 Å². The molecule has 2 amide bonds. The molecule has 0 aliphatic rings. The predicted octanol–water partition coefficient (Wildman–Crippen LogP) is 1.65. The van der Waals surface area contributed by atoms with E-state index in [4.69, 9.17) is 9.84 Å². The lowest BCUT2D eigenvalue weighted by molar-refractivity contribution is 0.0910. The maximum Gasteiger partial charge on any atom is 0.319 e. The zero-order valence-corrected chi connectivity index (χ0v) is 10.9. The van der Waals surface area contributed by atoms with Gasteiger partial charge in [0.05, 0.1) is 18.9 Å². The van der Waals surface area contributed by atoms with Crippen molar-refractivity contribution in [2.45, 2.75) is 13.3 Å². The van der Waals surface area contributed by atoms with Gasteiger partial charge in [-0.3, -0.25) is 0 Å². The van der Waals surface area contributed by atoms with Crippen LogP contribution in [0.25, 0.3) is 0 Å². The van der Waals surface area contributed by atoms with Crippen molar-refractivity contribution in [2.24, 2.45) is 0 Å². The third-order valence-electron chi connectivity index (χ3n) is 2.36. The molecular formula is C13H19FN2O3. The fraction of sp³-hybridized carbons (Fsp3) is 0.462. The monoisotopic (exact) mass is 270 g/mol. The minimum atomic E-state index is -0.466. The summed E-state index contributed by atoms with van der Waals surface area (Å²) < 4.78 is 18.4. The van der Waals surface area contributed by atoms with Gasteiger partial charge in [0.1, 0.15) is 5.82 Å². The van der Waals surface area contributed by atoms with Crippen LogP contribution >= 0.6 is 0 Å². The van der Waals surface area contributed by atoms with E-state index in [0.29, 0.717) is 26.2 Å². The fourth-order valence-electron chi connectivity index (χ4n) is 1.44. The second kappa shape index (κ2) is 8.44. The van der Waals surface area contributed by atoms with Crippen molar-refractivity contribution in [3.05, 3.63) is 29.6 Å². The average molecular weight is 270 g/mol. The number of amides is 2. The summed E-state index contributed by atoms with van der Waals surface area (Å²) in [5, 5.41) is 13.5. The van der Waals surface area contributed by atoms with E-state index >= 15 is 0 Å². The molecule has 0 atom stereocenters. The molecule has 3 N–H and O–H groups in total. The van der Waals surface area contributed by atoms with E-state index < -0.39 is 11.8 Å². The van der Waals surface area contributed by atoms with Gasteiger partial charge in [-0.05, 0) is 31.0 Å². The molecule has 0 radical (unpaired) electrons. The number of nitrogens with one attached hydrogen (secondary N) is 2. The van der Waals surface area contributed by atoms with Crippen molar-refractivity contribution in [2.75, 3.05) is 31.7 Å². The number of aryl methyl sites for hydroxylation is 1. The molecule has 1 aromatic rings. The molecule has 6 heteroatoms. The van der Waals surface area contributed by atoms with Gasteiger partial charge in [0.15, 0.2) is 0 Å². The topological polar surface area (TPSA) is 70.6 Å². The number of urea groups is 1. The summed E-state index contributed by atoms with van der Waals surface area (Å²) in [4.78, 5) is 11.5. The SMILES string of the molecule is Cc1ccc(F)c(NC(=O)NCCCOCCO)c1. The largest absolute Gasteiger partial charge is 0.394 e. The van der Waals surface area contributed by atoms with Crippen LogP contribution in [0.4, 0.5) is 14.9 Å². The molecule has 0 saturated heterocycles. The quantitative estimate of drug-likeness (QED) is 0.660. The van der Waals surface area contributed by atoms with Crippen LogP contribution < -0.4 is 10.6 Å². The summed E-state index contributed by atoms with van der Waals surface area (Å²) in [6.07, 6.45) is 0.629. The third kappa shape index (κ3) is 6.17. The first kappa shape index (κ1) is 15.4. The van der Waals surface area contributed by atoms with Crippen LogP contribution in [-0.4, -0.2) is 37.5 Å². The molecule has 0 spiro atoms.